The molecule has 8 nitrogen and oxygen atoms in total. The van der Waals surface area contributed by atoms with E-state index in [4.69, 9.17) is 16.3 Å². The van der Waals surface area contributed by atoms with Crippen molar-refractivity contribution < 1.29 is 13.9 Å². The van der Waals surface area contributed by atoms with Crippen molar-refractivity contribution in [3.8, 4) is 11.4 Å². The smallest absolute Gasteiger partial charge is 0.407 e. The zero-order valence-corrected chi connectivity index (χ0v) is 16.5. The minimum absolute atomic E-state index is 0.0860. The number of hydrogen-bond acceptors (Lipinski definition) is 6. The molecule has 1 saturated carbocycles. The molecule has 152 valence electrons. The molecular weight excluding hydrogens is 399 g/mol. The summed E-state index contributed by atoms with van der Waals surface area (Å²) in [4.78, 5) is 27.4. The number of alkyl carbamates (subject to hydrolysis) is 1. The third-order valence-corrected chi connectivity index (χ3v) is 5.27. The van der Waals surface area contributed by atoms with Gasteiger partial charge in [0, 0.05) is 29.4 Å². The molecule has 1 aliphatic carbocycles. The largest absolute Gasteiger partial charge is 0.453 e. The van der Waals surface area contributed by atoms with Crippen molar-refractivity contribution in [2.45, 2.75) is 37.8 Å². The van der Waals surface area contributed by atoms with Crippen molar-refractivity contribution in [3.05, 3.63) is 35.5 Å². The number of nitrogens with zero attached hydrogens (tertiary/aromatic N) is 3. The van der Waals surface area contributed by atoms with Crippen LogP contribution < -0.4 is 10.6 Å². The minimum atomic E-state index is -0.563. The van der Waals surface area contributed by atoms with Crippen molar-refractivity contribution in [3.63, 3.8) is 0 Å². The molecule has 0 unspecified atom stereocenters. The quantitative estimate of drug-likeness (QED) is 0.593. The maximum atomic E-state index is 14.5. The second kappa shape index (κ2) is 8.20. The third-order valence-electron chi connectivity index (χ3n) is 5.06. The van der Waals surface area contributed by atoms with Gasteiger partial charge in [-0.15, -0.1) is 0 Å². The van der Waals surface area contributed by atoms with Gasteiger partial charge in [0.15, 0.2) is 17.5 Å². The van der Waals surface area contributed by atoms with Gasteiger partial charge >= 0.3 is 6.09 Å². The van der Waals surface area contributed by atoms with Gasteiger partial charge in [-0.05, 0) is 18.9 Å². The second-order valence-electron chi connectivity index (χ2n) is 6.92. The summed E-state index contributed by atoms with van der Waals surface area (Å²) in [6.45, 7) is 0. The molecule has 3 heterocycles. The van der Waals surface area contributed by atoms with Gasteiger partial charge < -0.3 is 20.4 Å². The molecule has 1 aliphatic rings. The van der Waals surface area contributed by atoms with Crippen LogP contribution in [0.4, 0.5) is 15.0 Å². The lowest BCUT2D eigenvalue weighted by Crippen LogP contribution is -2.48. The topological polar surface area (TPSA) is 105 Å². The number of halogens is 2. The van der Waals surface area contributed by atoms with Crippen LogP contribution in [0.2, 0.25) is 5.02 Å². The van der Waals surface area contributed by atoms with Crippen molar-refractivity contribution in [1.82, 2.24) is 25.3 Å². The van der Waals surface area contributed by atoms with Crippen LogP contribution in [0.15, 0.2) is 24.7 Å². The average molecular weight is 419 g/mol. The summed E-state index contributed by atoms with van der Waals surface area (Å²) in [6.07, 6.45) is 7.39. The third kappa shape index (κ3) is 4.09. The fourth-order valence-electron chi connectivity index (χ4n) is 3.62. The molecule has 1 fully saturated rings. The maximum absolute atomic E-state index is 14.5. The normalized spacial score (nSPS) is 19.1. The summed E-state index contributed by atoms with van der Waals surface area (Å²) in [7, 11) is 1.32. The molecule has 3 N–H and O–H groups in total. The van der Waals surface area contributed by atoms with E-state index in [9.17, 15) is 9.18 Å². The van der Waals surface area contributed by atoms with Crippen LogP contribution >= 0.6 is 11.6 Å². The number of fused-ring (bicyclic) bond motifs is 1. The molecule has 3 aromatic rings. The van der Waals surface area contributed by atoms with Crippen molar-refractivity contribution in [2.75, 3.05) is 12.4 Å². The highest BCUT2D eigenvalue weighted by Gasteiger charge is 2.28. The Kier molecular flexibility index (Phi) is 5.48. The van der Waals surface area contributed by atoms with E-state index < -0.39 is 11.9 Å². The van der Waals surface area contributed by atoms with Crippen molar-refractivity contribution >= 4 is 34.5 Å². The number of methoxy groups -OCH3 is 1. The van der Waals surface area contributed by atoms with Gasteiger partial charge in [0.25, 0.3) is 0 Å². The lowest BCUT2D eigenvalue weighted by atomic mass is 9.90. The molecule has 3 aromatic heterocycles. The van der Waals surface area contributed by atoms with Crippen LogP contribution in [0.25, 0.3) is 22.4 Å². The van der Waals surface area contributed by atoms with Crippen LogP contribution in [-0.4, -0.2) is 45.2 Å². The highest BCUT2D eigenvalue weighted by Crippen LogP contribution is 2.29. The summed E-state index contributed by atoms with van der Waals surface area (Å²) in [5.74, 6) is -0.132. The molecule has 4 rings (SSSR count). The Labute approximate surface area is 171 Å². The van der Waals surface area contributed by atoms with E-state index >= 15 is 0 Å². The molecule has 10 heteroatoms. The molecule has 0 spiro atoms. The molecular formula is C19H20ClFN6O2. The van der Waals surface area contributed by atoms with E-state index in [-0.39, 0.29) is 17.9 Å². The fourth-order valence-corrected chi connectivity index (χ4v) is 3.78. The van der Waals surface area contributed by atoms with E-state index in [0.717, 1.165) is 37.3 Å². The number of carbonyl (C=O) groups excluding carboxylic acids is 1. The molecule has 0 aromatic carbocycles. The lowest BCUT2D eigenvalue weighted by molar-refractivity contribution is 0.161. The minimum Gasteiger partial charge on any atom is -0.453 e. The maximum Gasteiger partial charge on any atom is 0.407 e. The Morgan fingerprint density at radius 1 is 1.28 bits per heavy atom. The van der Waals surface area contributed by atoms with Gasteiger partial charge in [-0.25, -0.2) is 24.1 Å². The Balaban J connectivity index is 1.62. The monoisotopic (exact) mass is 418 g/mol. The van der Waals surface area contributed by atoms with Crippen LogP contribution in [0.5, 0.6) is 0 Å². The number of H-pyrrole nitrogens is 1. The van der Waals surface area contributed by atoms with Crippen LogP contribution in [-0.2, 0) is 4.74 Å². The van der Waals surface area contributed by atoms with Gasteiger partial charge in [0.05, 0.1) is 24.4 Å². The van der Waals surface area contributed by atoms with Crippen LogP contribution in [0.3, 0.4) is 0 Å². The zero-order valence-electron chi connectivity index (χ0n) is 15.7. The first kappa shape index (κ1) is 19.4. The van der Waals surface area contributed by atoms with E-state index in [0.29, 0.717) is 22.1 Å². The Morgan fingerprint density at radius 3 is 2.86 bits per heavy atom. The predicted molar refractivity (Wildman–Crippen MR) is 107 cm³/mol. The molecule has 1 amide bonds. The van der Waals surface area contributed by atoms with Gasteiger partial charge in [0.2, 0.25) is 0 Å². The molecule has 0 aliphatic heterocycles. The van der Waals surface area contributed by atoms with E-state index in [1.54, 1.807) is 18.5 Å². The van der Waals surface area contributed by atoms with Gasteiger partial charge in [-0.1, -0.05) is 24.4 Å². The summed E-state index contributed by atoms with van der Waals surface area (Å²) in [5.41, 5.74) is 1.31. The first-order valence-electron chi connectivity index (χ1n) is 9.31. The standard InChI is InChI=1S/C19H20ClFN6O2/c1-29-19(28)26-15-5-3-2-4-14(15)25-18-13(21)9-24-17(27-18)12-8-23-16-11(12)6-10(20)7-22-16/h6-9,14-15H,2-5H2,1H3,(H,22,23)(H,26,28)(H,24,25,27)/t14-,15-/m1/s1. The summed E-state index contributed by atoms with van der Waals surface area (Å²) < 4.78 is 19.2. The number of rotatable bonds is 4. The van der Waals surface area contributed by atoms with Crippen molar-refractivity contribution in [1.29, 1.82) is 0 Å². The number of amides is 1. The zero-order chi connectivity index (χ0) is 20.4. The number of nitrogens with one attached hydrogen (secondary N) is 3. The second-order valence-corrected chi connectivity index (χ2v) is 7.36. The summed E-state index contributed by atoms with van der Waals surface area (Å²) in [6, 6.07) is 1.41. The Bertz CT molecular complexity index is 1040. The number of aromatic amines is 1. The van der Waals surface area contributed by atoms with E-state index in [2.05, 4.69) is 30.6 Å². The van der Waals surface area contributed by atoms with Crippen molar-refractivity contribution in [2.24, 2.45) is 0 Å². The number of aromatic nitrogens is 4. The van der Waals surface area contributed by atoms with E-state index in [1.807, 2.05) is 0 Å². The fraction of sp³-hybridized carbons (Fsp3) is 0.368. The van der Waals surface area contributed by atoms with Gasteiger partial charge in [-0.2, -0.15) is 0 Å². The lowest BCUT2D eigenvalue weighted by Gasteiger charge is -2.32. The summed E-state index contributed by atoms with van der Waals surface area (Å²) in [5, 5.41) is 7.19. The average Bonchev–Trinajstić information content (AvgIpc) is 3.14. The van der Waals surface area contributed by atoms with Crippen LogP contribution in [0.1, 0.15) is 25.7 Å². The number of anilines is 1. The number of hydrogen-bond donors (Lipinski definition) is 3. The van der Waals surface area contributed by atoms with E-state index in [1.165, 1.54) is 7.11 Å². The SMILES string of the molecule is COC(=O)N[C@@H]1CCCC[C@H]1Nc1nc(-c2c[nH]c3ncc(Cl)cc23)ncc1F. The highest BCUT2D eigenvalue weighted by atomic mass is 35.5. The summed E-state index contributed by atoms with van der Waals surface area (Å²) >= 11 is 6.06. The molecule has 0 radical (unpaired) electrons. The Morgan fingerprint density at radius 2 is 2.07 bits per heavy atom. The molecule has 0 bridgehead atoms. The number of ether oxygens (including phenoxy) is 1. The molecule has 29 heavy (non-hydrogen) atoms. The Hall–Kier alpha value is -2.94. The van der Waals surface area contributed by atoms with Gasteiger partial charge in [-0.3, -0.25) is 0 Å². The van der Waals surface area contributed by atoms with Gasteiger partial charge in [0.1, 0.15) is 5.65 Å². The first-order chi connectivity index (χ1) is 14.0. The molecule has 0 saturated heterocycles. The number of pyridine rings is 1. The molecule has 2 atom stereocenters. The predicted octanol–water partition coefficient (Wildman–Crippen LogP) is 3.89. The number of carbonyl (C=O) groups is 1. The first-order valence-corrected chi connectivity index (χ1v) is 9.69. The van der Waals surface area contributed by atoms with Crippen LogP contribution in [0, 0.1) is 5.82 Å². The highest BCUT2D eigenvalue weighted by molar-refractivity contribution is 6.31.